The molecule has 0 saturated carbocycles. The molecule has 2 N–H and O–H groups in total. The van der Waals surface area contributed by atoms with Crippen LogP contribution in [0.25, 0.3) is 22.3 Å². The molecule has 0 saturated heterocycles. The standard InChI is InChI=1S/C13H12N4O2/c1-17-12(5-9(16-17)6-13(18)19)8-2-3-10-11(4-8)15-7-14-10/h2-5,7H,6H2,1H3,(H,14,15)(H,18,19). The zero-order valence-electron chi connectivity index (χ0n) is 10.3. The van der Waals surface area contributed by atoms with Gasteiger partial charge in [-0.15, -0.1) is 0 Å². The lowest BCUT2D eigenvalue weighted by Gasteiger charge is -2.01. The molecule has 2 aromatic heterocycles. The van der Waals surface area contributed by atoms with Crippen molar-refractivity contribution in [1.29, 1.82) is 0 Å². The number of carbonyl (C=O) groups is 1. The third kappa shape index (κ3) is 2.08. The second-order valence-electron chi connectivity index (χ2n) is 4.35. The summed E-state index contributed by atoms with van der Waals surface area (Å²) in [6.45, 7) is 0. The SMILES string of the molecule is Cn1nc(CC(=O)O)cc1-c1ccc2nc[nH]c2c1. The molecule has 0 amide bonds. The van der Waals surface area contributed by atoms with Crippen LogP contribution >= 0.6 is 0 Å². The number of nitrogens with zero attached hydrogens (tertiary/aromatic N) is 3. The molecule has 0 aliphatic carbocycles. The maximum Gasteiger partial charge on any atom is 0.309 e. The molecule has 3 rings (SSSR count). The Morgan fingerprint density at radius 2 is 2.26 bits per heavy atom. The van der Waals surface area contributed by atoms with Crippen molar-refractivity contribution in [2.45, 2.75) is 6.42 Å². The number of benzene rings is 1. The number of imidazole rings is 1. The molecule has 6 heteroatoms. The van der Waals surface area contributed by atoms with E-state index in [2.05, 4.69) is 15.1 Å². The second kappa shape index (κ2) is 4.24. The van der Waals surface area contributed by atoms with Crippen LogP contribution in [0.5, 0.6) is 0 Å². The molecular weight excluding hydrogens is 244 g/mol. The highest BCUT2D eigenvalue weighted by Gasteiger charge is 2.10. The summed E-state index contributed by atoms with van der Waals surface area (Å²) < 4.78 is 1.69. The normalized spacial score (nSPS) is 11.0. The van der Waals surface area contributed by atoms with Crippen LogP contribution in [0.3, 0.4) is 0 Å². The number of nitrogens with one attached hydrogen (secondary N) is 1. The highest BCUT2D eigenvalue weighted by molar-refractivity contribution is 5.81. The number of carboxylic acids is 1. The quantitative estimate of drug-likeness (QED) is 0.745. The van der Waals surface area contributed by atoms with E-state index in [0.29, 0.717) is 5.69 Å². The van der Waals surface area contributed by atoms with Crippen LogP contribution in [0.4, 0.5) is 0 Å². The first-order chi connectivity index (χ1) is 9.13. The van der Waals surface area contributed by atoms with Crippen LogP contribution < -0.4 is 0 Å². The fraction of sp³-hybridized carbons (Fsp3) is 0.154. The summed E-state index contributed by atoms with van der Waals surface area (Å²) in [5, 5.41) is 13.0. The van der Waals surface area contributed by atoms with Gasteiger partial charge in [0.1, 0.15) is 0 Å². The number of hydrogen-bond acceptors (Lipinski definition) is 3. The Hall–Kier alpha value is -2.63. The van der Waals surface area contributed by atoms with Crippen molar-refractivity contribution in [2.75, 3.05) is 0 Å². The van der Waals surface area contributed by atoms with Gasteiger partial charge in [-0.05, 0) is 18.2 Å². The Morgan fingerprint density at radius 1 is 1.42 bits per heavy atom. The van der Waals surface area contributed by atoms with Gasteiger partial charge in [0.2, 0.25) is 0 Å². The molecule has 0 atom stereocenters. The van der Waals surface area contributed by atoms with Crippen LogP contribution in [0.15, 0.2) is 30.6 Å². The van der Waals surface area contributed by atoms with Crippen molar-refractivity contribution < 1.29 is 9.90 Å². The minimum absolute atomic E-state index is 0.0693. The lowest BCUT2D eigenvalue weighted by Crippen LogP contribution is -2.01. The summed E-state index contributed by atoms with van der Waals surface area (Å²) in [6, 6.07) is 7.64. The lowest BCUT2D eigenvalue weighted by molar-refractivity contribution is -0.136. The van der Waals surface area contributed by atoms with Crippen LogP contribution in [0.1, 0.15) is 5.69 Å². The summed E-state index contributed by atoms with van der Waals surface area (Å²) in [6.07, 6.45) is 1.58. The third-order valence-electron chi connectivity index (χ3n) is 2.98. The molecule has 1 aromatic carbocycles. The molecule has 0 radical (unpaired) electrons. The molecule has 96 valence electrons. The Labute approximate surface area is 108 Å². The highest BCUT2D eigenvalue weighted by atomic mass is 16.4. The van der Waals surface area contributed by atoms with E-state index in [1.165, 1.54) is 0 Å². The Bertz CT molecular complexity index is 757. The van der Waals surface area contributed by atoms with E-state index < -0.39 is 5.97 Å². The number of aromatic nitrogens is 4. The topological polar surface area (TPSA) is 83.8 Å². The predicted molar refractivity (Wildman–Crippen MR) is 69.6 cm³/mol. The molecular formula is C13H12N4O2. The number of rotatable bonds is 3. The van der Waals surface area contributed by atoms with Crippen LogP contribution in [0, 0.1) is 0 Å². The van der Waals surface area contributed by atoms with Crippen molar-refractivity contribution in [1.82, 2.24) is 19.7 Å². The first-order valence-corrected chi connectivity index (χ1v) is 5.82. The number of hydrogen-bond donors (Lipinski definition) is 2. The monoisotopic (exact) mass is 256 g/mol. The minimum atomic E-state index is -0.881. The van der Waals surface area contributed by atoms with Gasteiger partial charge < -0.3 is 10.1 Å². The average Bonchev–Trinajstić information content (AvgIpc) is 2.93. The van der Waals surface area contributed by atoms with Gasteiger partial charge in [0.15, 0.2) is 0 Å². The summed E-state index contributed by atoms with van der Waals surface area (Å²) in [4.78, 5) is 17.9. The highest BCUT2D eigenvalue weighted by Crippen LogP contribution is 2.23. The number of aliphatic carboxylic acids is 1. The van der Waals surface area contributed by atoms with Crippen molar-refractivity contribution in [3.8, 4) is 11.3 Å². The maximum atomic E-state index is 10.7. The predicted octanol–water partition coefficient (Wildman–Crippen LogP) is 1.59. The second-order valence-corrected chi connectivity index (χ2v) is 4.35. The molecule has 2 heterocycles. The molecule has 19 heavy (non-hydrogen) atoms. The fourth-order valence-corrected chi connectivity index (χ4v) is 2.13. The molecule has 0 aliphatic heterocycles. The van der Waals surface area contributed by atoms with E-state index in [1.807, 2.05) is 18.2 Å². The van der Waals surface area contributed by atoms with Crippen molar-refractivity contribution in [3.63, 3.8) is 0 Å². The maximum absolute atomic E-state index is 10.7. The van der Waals surface area contributed by atoms with E-state index in [1.54, 1.807) is 24.1 Å². The summed E-state index contributed by atoms with van der Waals surface area (Å²) in [5.41, 5.74) is 4.25. The van der Waals surface area contributed by atoms with Crippen molar-refractivity contribution in [2.24, 2.45) is 7.05 Å². The molecule has 0 bridgehead atoms. The number of aromatic amines is 1. The first-order valence-electron chi connectivity index (χ1n) is 5.82. The molecule has 0 fully saturated rings. The van der Waals surface area contributed by atoms with E-state index in [4.69, 9.17) is 5.11 Å². The van der Waals surface area contributed by atoms with Crippen LogP contribution in [-0.4, -0.2) is 30.8 Å². The van der Waals surface area contributed by atoms with Gasteiger partial charge in [0, 0.05) is 12.6 Å². The molecule has 0 unspecified atom stereocenters. The zero-order chi connectivity index (χ0) is 13.4. The van der Waals surface area contributed by atoms with Crippen molar-refractivity contribution in [3.05, 3.63) is 36.3 Å². The van der Waals surface area contributed by atoms with E-state index >= 15 is 0 Å². The van der Waals surface area contributed by atoms with E-state index in [-0.39, 0.29) is 6.42 Å². The van der Waals surface area contributed by atoms with Crippen LogP contribution in [0.2, 0.25) is 0 Å². The number of aryl methyl sites for hydroxylation is 1. The van der Waals surface area contributed by atoms with Crippen molar-refractivity contribution >= 4 is 17.0 Å². The van der Waals surface area contributed by atoms with Gasteiger partial charge in [0.25, 0.3) is 0 Å². The molecule has 0 spiro atoms. The van der Waals surface area contributed by atoms with Gasteiger partial charge in [-0.2, -0.15) is 5.10 Å². The Balaban J connectivity index is 2.05. The Morgan fingerprint density at radius 3 is 3.05 bits per heavy atom. The molecule has 6 nitrogen and oxygen atoms in total. The first kappa shape index (κ1) is 11.5. The molecule has 3 aromatic rings. The minimum Gasteiger partial charge on any atom is -0.481 e. The fourth-order valence-electron chi connectivity index (χ4n) is 2.13. The lowest BCUT2D eigenvalue weighted by atomic mass is 10.1. The van der Waals surface area contributed by atoms with Gasteiger partial charge in [-0.3, -0.25) is 9.48 Å². The smallest absolute Gasteiger partial charge is 0.309 e. The van der Waals surface area contributed by atoms with E-state index in [0.717, 1.165) is 22.3 Å². The summed E-state index contributed by atoms with van der Waals surface area (Å²) in [7, 11) is 1.80. The Kier molecular flexibility index (Phi) is 2.56. The van der Waals surface area contributed by atoms with Crippen LogP contribution in [-0.2, 0) is 18.3 Å². The van der Waals surface area contributed by atoms with Gasteiger partial charge in [0.05, 0.1) is 35.2 Å². The largest absolute Gasteiger partial charge is 0.481 e. The van der Waals surface area contributed by atoms with Gasteiger partial charge >= 0.3 is 5.97 Å². The summed E-state index contributed by atoms with van der Waals surface area (Å²) in [5.74, 6) is -0.881. The number of H-pyrrole nitrogens is 1. The van der Waals surface area contributed by atoms with Gasteiger partial charge in [-0.1, -0.05) is 6.07 Å². The number of fused-ring (bicyclic) bond motifs is 1. The zero-order valence-corrected chi connectivity index (χ0v) is 10.3. The summed E-state index contributed by atoms with van der Waals surface area (Å²) >= 11 is 0. The third-order valence-corrected chi connectivity index (χ3v) is 2.98. The average molecular weight is 256 g/mol. The van der Waals surface area contributed by atoms with E-state index in [9.17, 15) is 4.79 Å². The number of carboxylic acid groups (broad SMARTS) is 1. The molecule has 0 aliphatic rings. The van der Waals surface area contributed by atoms with Gasteiger partial charge in [-0.25, -0.2) is 4.98 Å².